The van der Waals surface area contributed by atoms with Gasteiger partial charge >= 0.3 is 0 Å². The summed E-state index contributed by atoms with van der Waals surface area (Å²) in [6.07, 6.45) is 6.43. The maximum absolute atomic E-state index is 12.8. The van der Waals surface area contributed by atoms with E-state index in [1.54, 1.807) is 12.1 Å². The molecule has 3 atom stereocenters. The fourth-order valence-electron chi connectivity index (χ4n) is 3.35. The molecule has 1 saturated heterocycles. The van der Waals surface area contributed by atoms with Gasteiger partial charge in [0.2, 0.25) is 0 Å². The lowest BCUT2D eigenvalue weighted by Gasteiger charge is -2.34. The molecule has 0 amide bonds. The van der Waals surface area contributed by atoms with Crippen molar-refractivity contribution in [3.8, 4) is 0 Å². The molecule has 1 heterocycles. The number of halogens is 1. The van der Waals surface area contributed by atoms with Crippen LogP contribution in [0.2, 0.25) is 0 Å². The van der Waals surface area contributed by atoms with E-state index in [0.29, 0.717) is 11.8 Å². The average Bonchev–Trinajstić information content (AvgIpc) is 2.64. The monoisotopic (exact) mass is 261 g/mol. The van der Waals surface area contributed by atoms with Crippen molar-refractivity contribution in [2.45, 2.75) is 18.9 Å². The molecule has 0 aromatic heterocycles. The van der Waals surface area contributed by atoms with E-state index >= 15 is 0 Å². The van der Waals surface area contributed by atoms with Crippen molar-refractivity contribution >= 4 is 6.08 Å². The van der Waals surface area contributed by atoms with Gasteiger partial charge in [-0.2, -0.15) is 0 Å². The van der Waals surface area contributed by atoms with Gasteiger partial charge in [0.15, 0.2) is 0 Å². The van der Waals surface area contributed by atoms with Crippen molar-refractivity contribution < 1.29 is 9.50 Å². The lowest BCUT2D eigenvalue weighted by Crippen LogP contribution is -2.44. The number of aliphatic hydroxyl groups excluding tert-OH is 1. The van der Waals surface area contributed by atoms with Gasteiger partial charge in [-0.25, -0.2) is 4.39 Å². The SMILES string of the molecule is OC1[C@@H]2CC[C@H]1CN(C/C=C/c1ccc(F)cc1)C2. The molecule has 1 aromatic carbocycles. The largest absolute Gasteiger partial charge is 0.392 e. The predicted molar refractivity (Wildman–Crippen MR) is 74.1 cm³/mol. The van der Waals surface area contributed by atoms with Gasteiger partial charge < -0.3 is 5.11 Å². The second-order valence-electron chi connectivity index (χ2n) is 5.76. The molecule has 102 valence electrons. The Bertz CT molecular complexity index is 442. The zero-order valence-electron chi connectivity index (χ0n) is 11.0. The Hall–Kier alpha value is -1.19. The Morgan fingerprint density at radius 2 is 1.79 bits per heavy atom. The number of hydrogen-bond donors (Lipinski definition) is 1. The molecule has 1 aliphatic heterocycles. The normalized spacial score (nSPS) is 31.2. The summed E-state index contributed by atoms with van der Waals surface area (Å²) in [6, 6.07) is 6.54. The fraction of sp³-hybridized carbons (Fsp3) is 0.500. The summed E-state index contributed by atoms with van der Waals surface area (Å²) in [5.74, 6) is 0.745. The number of nitrogens with zero attached hydrogens (tertiary/aromatic N) is 1. The molecule has 2 nitrogen and oxygen atoms in total. The third-order valence-electron chi connectivity index (χ3n) is 4.40. The quantitative estimate of drug-likeness (QED) is 0.904. The molecule has 1 aliphatic carbocycles. The molecule has 0 radical (unpaired) electrons. The van der Waals surface area contributed by atoms with E-state index < -0.39 is 0 Å². The van der Waals surface area contributed by atoms with Crippen LogP contribution in [0, 0.1) is 17.7 Å². The van der Waals surface area contributed by atoms with Crippen molar-refractivity contribution in [1.82, 2.24) is 4.90 Å². The molecule has 1 aromatic rings. The number of aliphatic hydroxyl groups is 1. The van der Waals surface area contributed by atoms with Crippen molar-refractivity contribution in [2.24, 2.45) is 11.8 Å². The number of hydrogen-bond acceptors (Lipinski definition) is 2. The first kappa shape index (κ1) is 12.8. The number of fused-ring (bicyclic) bond motifs is 2. The van der Waals surface area contributed by atoms with Crippen LogP contribution in [0.3, 0.4) is 0 Å². The van der Waals surface area contributed by atoms with Gasteiger partial charge in [-0.05, 0) is 42.4 Å². The standard InChI is InChI=1S/C16H20FNO/c17-15-7-3-12(4-8-15)2-1-9-18-10-13-5-6-14(11-18)16(13)19/h1-4,7-8,13-14,16,19H,5-6,9-11H2/b2-1+/t13-,14+,16?. The van der Waals surface area contributed by atoms with Gasteiger partial charge in [-0.3, -0.25) is 4.90 Å². The van der Waals surface area contributed by atoms with Crippen LogP contribution in [0.5, 0.6) is 0 Å². The summed E-state index contributed by atoms with van der Waals surface area (Å²) in [7, 11) is 0. The minimum Gasteiger partial charge on any atom is -0.392 e. The van der Waals surface area contributed by atoms with Gasteiger partial charge in [0, 0.05) is 19.6 Å². The van der Waals surface area contributed by atoms with Crippen LogP contribution >= 0.6 is 0 Å². The molecule has 1 unspecified atom stereocenters. The summed E-state index contributed by atoms with van der Waals surface area (Å²) in [4.78, 5) is 2.41. The number of rotatable bonds is 3. The second kappa shape index (κ2) is 5.43. The van der Waals surface area contributed by atoms with Gasteiger partial charge in [0.25, 0.3) is 0 Å². The molecule has 3 rings (SSSR count). The molecule has 2 aliphatic rings. The zero-order valence-corrected chi connectivity index (χ0v) is 11.0. The van der Waals surface area contributed by atoms with Gasteiger partial charge in [0.1, 0.15) is 5.82 Å². The third kappa shape index (κ3) is 2.88. The summed E-state index contributed by atoms with van der Waals surface area (Å²) in [5.41, 5.74) is 1.03. The molecule has 0 spiro atoms. The first-order valence-corrected chi connectivity index (χ1v) is 7.05. The highest BCUT2D eigenvalue weighted by Gasteiger charge is 2.40. The maximum Gasteiger partial charge on any atom is 0.123 e. The summed E-state index contributed by atoms with van der Waals surface area (Å²) < 4.78 is 12.8. The number of benzene rings is 1. The van der Waals surface area contributed by atoms with Crippen LogP contribution < -0.4 is 0 Å². The van der Waals surface area contributed by atoms with Crippen LogP contribution in [0.1, 0.15) is 18.4 Å². The molecule has 1 N–H and O–H groups in total. The van der Waals surface area contributed by atoms with Crippen LogP contribution in [-0.4, -0.2) is 35.7 Å². The third-order valence-corrected chi connectivity index (χ3v) is 4.40. The predicted octanol–water partition coefficient (Wildman–Crippen LogP) is 2.54. The topological polar surface area (TPSA) is 23.5 Å². The molecule has 1 saturated carbocycles. The van der Waals surface area contributed by atoms with Crippen molar-refractivity contribution in [2.75, 3.05) is 19.6 Å². The van der Waals surface area contributed by atoms with Gasteiger partial charge in [-0.15, -0.1) is 0 Å². The van der Waals surface area contributed by atoms with Crippen LogP contribution in [0.4, 0.5) is 4.39 Å². The molecule has 3 heteroatoms. The first-order valence-electron chi connectivity index (χ1n) is 7.05. The Morgan fingerprint density at radius 3 is 2.42 bits per heavy atom. The Labute approximate surface area is 113 Å². The second-order valence-corrected chi connectivity index (χ2v) is 5.76. The van der Waals surface area contributed by atoms with Crippen molar-refractivity contribution in [3.63, 3.8) is 0 Å². The van der Waals surface area contributed by atoms with Crippen LogP contribution in [0.15, 0.2) is 30.3 Å². The lowest BCUT2D eigenvalue weighted by atomic mass is 9.95. The first-order chi connectivity index (χ1) is 9.22. The Morgan fingerprint density at radius 1 is 1.16 bits per heavy atom. The lowest BCUT2D eigenvalue weighted by molar-refractivity contribution is 0.0212. The Balaban J connectivity index is 1.54. The van der Waals surface area contributed by atoms with E-state index in [0.717, 1.165) is 25.2 Å². The van der Waals surface area contributed by atoms with Gasteiger partial charge in [-0.1, -0.05) is 24.3 Å². The minimum absolute atomic E-state index is 0.0719. The molecule has 2 fully saturated rings. The van der Waals surface area contributed by atoms with E-state index in [1.807, 2.05) is 6.08 Å². The highest BCUT2D eigenvalue weighted by Crippen LogP contribution is 2.36. The van der Waals surface area contributed by atoms with Crippen LogP contribution in [0.25, 0.3) is 6.08 Å². The van der Waals surface area contributed by atoms with E-state index in [9.17, 15) is 9.50 Å². The van der Waals surface area contributed by atoms with E-state index in [2.05, 4.69) is 11.0 Å². The minimum atomic E-state index is -0.196. The van der Waals surface area contributed by atoms with Crippen molar-refractivity contribution in [3.05, 3.63) is 41.7 Å². The highest BCUT2D eigenvalue weighted by atomic mass is 19.1. The molecule has 19 heavy (non-hydrogen) atoms. The average molecular weight is 261 g/mol. The molecular weight excluding hydrogens is 241 g/mol. The zero-order chi connectivity index (χ0) is 13.2. The summed E-state index contributed by atoms with van der Waals surface area (Å²) >= 11 is 0. The number of piperidine rings is 1. The fourth-order valence-corrected chi connectivity index (χ4v) is 3.35. The maximum atomic E-state index is 12.8. The Kier molecular flexibility index (Phi) is 3.67. The smallest absolute Gasteiger partial charge is 0.123 e. The van der Waals surface area contributed by atoms with E-state index in [1.165, 1.54) is 25.0 Å². The van der Waals surface area contributed by atoms with Crippen LogP contribution in [-0.2, 0) is 0 Å². The summed E-state index contributed by atoms with van der Waals surface area (Å²) in [5, 5.41) is 9.98. The van der Waals surface area contributed by atoms with Crippen molar-refractivity contribution in [1.29, 1.82) is 0 Å². The molecular formula is C16H20FNO. The molecule has 2 bridgehead atoms. The van der Waals surface area contributed by atoms with Gasteiger partial charge in [0.05, 0.1) is 6.10 Å². The van der Waals surface area contributed by atoms with E-state index in [4.69, 9.17) is 0 Å². The number of likely N-dealkylation sites (tertiary alicyclic amines) is 1. The summed E-state index contributed by atoms with van der Waals surface area (Å²) in [6.45, 7) is 2.92. The van der Waals surface area contributed by atoms with E-state index in [-0.39, 0.29) is 11.9 Å². The highest BCUT2D eigenvalue weighted by molar-refractivity contribution is 5.48.